The number of aromatic nitrogens is 2. The van der Waals surface area contributed by atoms with E-state index in [-0.39, 0.29) is 17.8 Å². The van der Waals surface area contributed by atoms with Crippen LogP contribution < -0.4 is 5.32 Å². The molecule has 0 amide bonds. The van der Waals surface area contributed by atoms with Gasteiger partial charge in [0, 0.05) is 30.3 Å². The summed E-state index contributed by atoms with van der Waals surface area (Å²) in [5, 5.41) is 12.8. The van der Waals surface area contributed by atoms with Crippen LogP contribution in [0.5, 0.6) is 0 Å². The molecule has 0 radical (unpaired) electrons. The van der Waals surface area contributed by atoms with Crippen molar-refractivity contribution in [3.63, 3.8) is 0 Å². The zero-order valence-electron chi connectivity index (χ0n) is 21.5. The highest BCUT2D eigenvalue weighted by molar-refractivity contribution is 6.00. The molecule has 4 rings (SSSR count). The van der Waals surface area contributed by atoms with Crippen molar-refractivity contribution in [3.8, 4) is 6.07 Å². The third-order valence-electron chi connectivity index (χ3n) is 6.30. The van der Waals surface area contributed by atoms with E-state index in [0.717, 1.165) is 17.7 Å². The smallest absolute Gasteiger partial charge is 0.337 e. The Hall–Kier alpha value is -4.90. The maximum absolute atomic E-state index is 13.3. The highest BCUT2D eigenvalue weighted by Gasteiger charge is 2.38. The van der Waals surface area contributed by atoms with E-state index in [4.69, 9.17) is 9.47 Å². The number of ether oxygens (including phenoxy) is 2. The van der Waals surface area contributed by atoms with Crippen molar-refractivity contribution < 1.29 is 19.1 Å². The Morgan fingerprint density at radius 3 is 2.45 bits per heavy atom. The summed E-state index contributed by atoms with van der Waals surface area (Å²) in [6.45, 7) is 4.26. The van der Waals surface area contributed by atoms with Gasteiger partial charge in [-0.15, -0.1) is 0 Å². The molecule has 1 aliphatic heterocycles. The van der Waals surface area contributed by atoms with E-state index in [1.54, 1.807) is 56.7 Å². The first-order valence-corrected chi connectivity index (χ1v) is 12.1. The van der Waals surface area contributed by atoms with Crippen molar-refractivity contribution in [2.45, 2.75) is 26.3 Å². The van der Waals surface area contributed by atoms with Crippen molar-refractivity contribution in [3.05, 3.63) is 118 Å². The molecule has 8 nitrogen and oxygen atoms in total. The minimum absolute atomic E-state index is 0.0370. The molecular weight excluding hydrogens is 480 g/mol. The number of methoxy groups -OCH3 is 1. The molecule has 0 aliphatic carbocycles. The Kier molecular flexibility index (Phi) is 8.19. The lowest BCUT2D eigenvalue weighted by Crippen LogP contribution is -2.32. The van der Waals surface area contributed by atoms with Gasteiger partial charge in [0.05, 0.1) is 42.1 Å². The minimum Gasteiger partial charge on any atom is -0.466 e. The molecule has 0 spiro atoms. The second-order valence-corrected chi connectivity index (χ2v) is 8.80. The van der Waals surface area contributed by atoms with Gasteiger partial charge in [0.1, 0.15) is 6.61 Å². The number of allylic oxidation sites excluding steroid dienone is 2. The normalized spacial score (nSPS) is 15.3. The first-order chi connectivity index (χ1) is 18.4. The highest BCUT2D eigenvalue weighted by Crippen LogP contribution is 2.40. The molecule has 1 atom stereocenters. The van der Waals surface area contributed by atoms with E-state index in [2.05, 4.69) is 16.4 Å². The first-order valence-electron chi connectivity index (χ1n) is 12.1. The molecule has 1 unspecified atom stereocenters. The Balaban J connectivity index is 1.51. The Morgan fingerprint density at radius 2 is 1.79 bits per heavy atom. The van der Waals surface area contributed by atoms with E-state index in [1.165, 1.54) is 7.11 Å². The number of imidazole rings is 1. The number of hydrogen-bond acceptors (Lipinski definition) is 7. The van der Waals surface area contributed by atoms with Gasteiger partial charge in [-0.05, 0) is 42.7 Å². The van der Waals surface area contributed by atoms with Gasteiger partial charge >= 0.3 is 11.9 Å². The van der Waals surface area contributed by atoms with Gasteiger partial charge in [-0.1, -0.05) is 48.5 Å². The van der Waals surface area contributed by atoms with Crippen LogP contribution in [0.1, 0.15) is 42.0 Å². The standard InChI is InChI=1S/C30H28N4O4/c1-20-26(29(35)37-3)28(25-9-5-4-8-24(25)17-31)27(21(2)33-20)30(36)38-16-6-7-22-10-12-23(13-11-22)18-34-15-14-32-19-34/h4-15,19,28,33H,16,18H2,1-3H3. The van der Waals surface area contributed by atoms with Crippen LogP contribution in [-0.2, 0) is 25.6 Å². The second-order valence-electron chi connectivity index (χ2n) is 8.80. The zero-order chi connectivity index (χ0) is 27.1. The van der Waals surface area contributed by atoms with E-state index >= 15 is 0 Å². The molecule has 192 valence electrons. The number of nitriles is 1. The van der Waals surface area contributed by atoms with E-state index in [0.29, 0.717) is 22.5 Å². The fraction of sp³-hybridized carbons (Fsp3) is 0.200. The molecule has 0 saturated heterocycles. The number of nitrogens with zero attached hydrogens (tertiary/aromatic N) is 3. The number of carbonyl (C=O) groups is 2. The largest absolute Gasteiger partial charge is 0.466 e. The molecule has 0 bridgehead atoms. The summed E-state index contributed by atoms with van der Waals surface area (Å²) >= 11 is 0. The fourth-order valence-corrected chi connectivity index (χ4v) is 4.52. The number of nitrogens with one attached hydrogen (secondary N) is 1. The summed E-state index contributed by atoms with van der Waals surface area (Å²) in [5.74, 6) is -1.97. The summed E-state index contributed by atoms with van der Waals surface area (Å²) in [7, 11) is 1.29. The van der Waals surface area contributed by atoms with Crippen molar-refractivity contribution in [2.24, 2.45) is 0 Å². The number of dihydropyridines is 1. The van der Waals surface area contributed by atoms with Gasteiger partial charge in [-0.2, -0.15) is 5.26 Å². The highest BCUT2D eigenvalue weighted by atomic mass is 16.5. The average Bonchev–Trinajstić information content (AvgIpc) is 3.44. The molecule has 0 fully saturated rings. The minimum atomic E-state index is -0.806. The zero-order valence-corrected chi connectivity index (χ0v) is 21.5. The third kappa shape index (κ3) is 5.73. The van der Waals surface area contributed by atoms with E-state index in [9.17, 15) is 14.9 Å². The second kappa shape index (κ2) is 11.9. The number of benzene rings is 2. The molecule has 8 heteroatoms. The Bertz CT molecular complexity index is 1460. The maximum atomic E-state index is 13.3. The topological polar surface area (TPSA) is 106 Å². The summed E-state index contributed by atoms with van der Waals surface area (Å²) in [4.78, 5) is 30.2. The first kappa shape index (κ1) is 26.2. The quantitative estimate of drug-likeness (QED) is 0.448. The molecule has 2 aromatic carbocycles. The van der Waals surface area contributed by atoms with Crippen LogP contribution >= 0.6 is 0 Å². The molecule has 0 saturated carbocycles. The summed E-state index contributed by atoms with van der Waals surface area (Å²) < 4.78 is 12.6. The van der Waals surface area contributed by atoms with Crippen LogP contribution in [0.15, 0.2) is 95.9 Å². The third-order valence-corrected chi connectivity index (χ3v) is 6.30. The van der Waals surface area contributed by atoms with Gasteiger partial charge in [0.2, 0.25) is 0 Å². The number of hydrogen-bond donors (Lipinski definition) is 1. The van der Waals surface area contributed by atoms with Crippen LogP contribution in [0.4, 0.5) is 0 Å². The molecule has 38 heavy (non-hydrogen) atoms. The lowest BCUT2D eigenvalue weighted by atomic mass is 9.79. The van der Waals surface area contributed by atoms with Crippen molar-refractivity contribution in [1.82, 2.24) is 14.9 Å². The number of carbonyl (C=O) groups excluding carboxylic acids is 2. The summed E-state index contributed by atoms with van der Waals surface area (Å²) in [5.41, 5.74) is 4.65. The summed E-state index contributed by atoms with van der Waals surface area (Å²) in [6, 6.07) is 17.1. The molecule has 1 aromatic heterocycles. The van der Waals surface area contributed by atoms with Crippen LogP contribution in [0.25, 0.3) is 6.08 Å². The molecule has 3 aromatic rings. The van der Waals surface area contributed by atoms with Crippen LogP contribution in [-0.4, -0.2) is 35.2 Å². The SMILES string of the molecule is COC(=O)C1=C(C)NC(C)=C(C(=O)OCC=Cc2ccc(Cn3ccnc3)cc2)C1c1ccccc1C#N. The number of rotatable bonds is 8. The van der Waals surface area contributed by atoms with Gasteiger partial charge < -0.3 is 19.4 Å². The van der Waals surface area contributed by atoms with E-state index < -0.39 is 17.9 Å². The van der Waals surface area contributed by atoms with Crippen molar-refractivity contribution in [1.29, 1.82) is 5.26 Å². The number of esters is 2. The monoisotopic (exact) mass is 508 g/mol. The van der Waals surface area contributed by atoms with Gasteiger partial charge in [0.25, 0.3) is 0 Å². The van der Waals surface area contributed by atoms with Gasteiger partial charge in [0.15, 0.2) is 0 Å². The molecular formula is C30H28N4O4. The van der Waals surface area contributed by atoms with Crippen LogP contribution in [0, 0.1) is 11.3 Å². The summed E-state index contributed by atoms with van der Waals surface area (Å²) in [6.07, 6.45) is 9.07. The van der Waals surface area contributed by atoms with Gasteiger partial charge in [-0.3, -0.25) is 0 Å². The lowest BCUT2D eigenvalue weighted by Gasteiger charge is -2.30. The van der Waals surface area contributed by atoms with Crippen molar-refractivity contribution >= 4 is 18.0 Å². The van der Waals surface area contributed by atoms with E-state index in [1.807, 2.05) is 41.1 Å². The lowest BCUT2D eigenvalue weighted by molar-refractivity contribution is -0.138. The molecule has 1 N–H and O–H groups in total. The van der Waals surface area contributed by atoms with Crippen molar-refractivity contribution in [2.75, 3.05) is 13.7 Å². The molecule has 1 aliphatic rings. The predicted molar refractivity (Wildman–Crippen MR) is 142 cm³/mol. The average molecular weight is 509 g/mol. The maximum Gasteiger partial charge on any atom is 0.337 e. The van der Waals surface area contributed by atoms with Gasteiger partial charge in [-0.25, -0.2) is 14.6 Å². The molecule has 2 heterocycles. The fourth-order valence-electron chi connectivity index (χ4n) is 4.52. The predicted octanol–water partition coefficient (Wildman–Crippen LogP) is 4.47. The Morgan fingerprint density at radius 1 is 1.08 bits per heavy atom. The van der Waals surface area contributed by atoms with Crippen LogP contribution in [0.2, 0.25) is 0 Å². The van der Waals surface area contributed by atoms with Crippen LogP contribution in [0.3, 0.4) is 0 Å². The Labute approximate surface area is 221 Å².